The van der Waals surface area contributed by atoms with Gasteiger partial charge in [-0.3, -0.25) is 9.36 Å². The molecule has 29 heavy (non-hydrogen) atoms. The fourth-order valence-electron chi connectivity index (χ4n) is 3.58. The van der Waals surface area contributed by atoms with Crippen LogP contribution in [-0.4, -0.2) is 31.6 Å². The smallest absolute Gasteiger partial charge is 0.255 e. The van der Waals surface area contributed by atoms with Gasteiger partial charge in [0.1, 0.15) is 17.7 Å². The lowest BCUT2D eigenvalue weighted by atomic mass is 10.2. The van der Waals surface area contributed by atoms with E-state index in [1.807, 2.05) is 24.3 Å². The van der Waals surface area contributed by atoms with Crippen LogP contribution in [0.1, 0.15) is 30.7 Å². The SMILES string of the molecule is Cc1nc(N[C@H]2CC[C@H](Nc3ccc(-n4ccccc4=O)cn3)C2)cnc1C#N. The number of pyridine rings is 2. The van der Waals surface area contributed by atoms with Gasteiger partial charge in [-0.05, 0) is 44.4 Å². The summed E-state index contributed by atoms with van der Waals surface area (Å²) in [5.41, 5.74) is 1.64. The van der Waals surface area contributed by atoms with E-state index in [-0.39, 0.29) is 11.6 Å². The van der Waals surface area contributed by atoms with Crippen LogP contribution in [0.2, 0.25) is 0 Å². The number of rotatable bonds is 5. The van der Waals surface area contributed by atoms with E-state index in [2.05, 4.69) is 25.6 Å². The maximum Gasteiger partial charge on any atom is 0.255 e. The Balaban J connectivity index is 1.35. The summed E-state index contributed by atoms with van der Waals surface area (Å²) in [6.45, 7) is 1.79. The van der Waals surface area contributed by atoms with Crippen molar-refractivity contribution in [2.45, 2.75) is 38.3 Å². The molecule has 2 N–H and O–H groups in total. The molecule has 0 unspecified atom stereocenters. The third-order valence-corrected chi connectivity index (χ3v) is 5.04. The van der Waals surface area contributed by atoms with Crippen molar-refractivity contribution >= 4 is 11.6 Å². The predicted molar refractivity (Wildman–Crippen MR) is 110 cm³/mol. The molecule has 0 aliphatic heterocycles. The summed E-state index contributed by atoms with van der Waals surface area (Å²) in [7, 11) is 0. The summed E-state index contributed by atoms with van der Waals surface area (Å²) in [6.07, 6.45) is 8.00. The highest BCUT2D eigenvalue weighted by molar-refractivity contribution is 5.43. The standard InChI is InChI=1S/C21H21N7O/c1-14-18(11-22)23-13-20(25-14)27-16-6-5-15(10-16)26-19-8-7-17(12-24-19)28-9-3-2-4-21(28)29/h2-4,7-9,12-13,15-16H,5-6,10H2,1H3,(H,24,26)(H,25,27)/t15-,16-/m0/s1. The van der Waals surface area contributed by atoms with E-state index in [1.165, 1.54) is 6.07 Å². The maximum absolute atomic E-state index is 11.9. The zero-order valence-electron chi connectivity index (χ0n) is 16.0. The van der Waals surface area contributed by atoms with Crippen LogP contribution in [0, 0.1) is 18.3 Å². The summed E-state index contributed by atoms with van der Waals surface area (Å²) in [5.74, 6) is 1.49. The minimum Gasteiger partial charge on any atom is -0.367 e. The van der Waals surface area contributed by atoms with Gasteiger partial charge in [-0.15, -0.1) is 0 Å². The number of aryl methyl sites for hydroxylation is 1. The summed E-state index contributed by atoms with van der Waals surface area (Å²) < 4.78 is 1.56. The second kappa shape index (κ2) is 8.10. The fourth-order valence-corrected chi connectivity index (χ4v) is 3.58. The first-order chi connectivity index (χ1) is 14.1. The van der Waals surface area contributed by atoms with E-state index < -0.39 is 0 Å². The molecule has 3 aromatic rings. The van der Waals surface area contributed by atoms with Gasteiger partial charge in [0.25, 0.3) is 5.56 Å². The molecule has 8 nitrogen and oxygen atoms in total. The molecule has 0 bridgehead atoms. The van der Waals surface area contributed by atoms with Crippen molar-refractivity contribution in [1.82, 2.24) is 19.5 Å². The Hall–Kier alpha value is -3.73. The Kier molecular flexibility index (Phi) is 5.20. The first-order valence-electron chi connectivity index (χ1n) is 9.53. The highest BCUT2D eigenvalue weighted by atomic mass is 16.1. The van der Waals surface area contributed by atoms with Gasteiger partial charge in [-0.25, -0.2) is 15.0 Å². The minimum atomic E-state index is -0.0825. The summed E-state index contributed by atoms with van der Waals surface area (Å²) >= 11 is 0. The third-order valence-electron chi connectivity index (χ3n) is 5.04. The van der Waals surface area contributed by atoms with Gasteiger partial charge in [0.05, 0.1) is 23.8 Å². The monoisotopic (exact) mass is 387 g/mol. The molecule has 0 radical (unpaired) electrons. The van der Waals surface area contributed by atoms with Crippen LogP contribution in [0.4, 0.5) is 11.6 Å². The lowest BCUT2D eigenvalue weighted by Crippen LogP contribution is -2.22. The number of hydrogen-bond donors (Lipinski definition) is 2. The van der Waals surface area contributed by atoms with Crippen molar-refractivity contribution in [2.24, 2.45) is 0 Å². The van der Waals surface area contributed by atoms with Crippen molar-refractivity contribution in [3.63, 3.8) is 0 Å². The number of anilines is 2. The van der Waals surface area contributed by atoms with Crippen LogP contribution in [-0.2, 0) is 0 Å². The molecular weight excluding hydrogens is 366 g/mol. The van der Waals surface area contributed by atoms with Crippen molar-refractivity contribution in [1.29, 1.82) is 5.26 Å². The molecule has 8 heteroatoms. The second-order valence-corrected chi connectivity index (χ2v) is 7.11. The summed E-state index contributed by atoms with van der Waals surface area (Å²) in [5, 5.41) is 15.8. The number of nitrogens with one attached hydrogen (secondary N) is 2. The molecule has 146 valence electrons. The minimum absolute atomic E-state index is 0.0825. The van der Waals surface area contributed by atoms with Crippen molar-refractivity contribution in [3.05, 3.63) is 70.7 Å². The predicted octanol–water partition coefficient (Wildman–Crippen LogP) is 2.65. The third kappa shape index (κ3) is 4.24. The Morgan fingerprint density at radius 3 is 2.52 bits per heavy atom. The molecule has 1 saturated carbocycles. The highest BCUT2D eigenvalue weighted by Crippen LogP contribution is 2.25. The molecule has 1 fully saturated rings. The lowest BCUT2D eigenvalue weighted by Gasteiger charge is -2.16. The van der Waals surface area contributed by atoms with Gasteiger partial charge in [0, 0.05) is 24.3 Å². The molecular formula is C21H21N7O. The fraction of sp³-hybridized carbons (Fsp3) is 0.286. The number of hydrogen-bond acceptors (Lipinski definition) is 7. The Labute approximate surface area is 168 Å². The number of nitriles is 1. The average molecular weight is 387 g/mol. The Morgan fingerprint density at radius 1 is 1.07 bits per heavy atom. The van der Waals surface area contributed by atoms with Gasteiger partial charge in [-0.2, -0.15) is 5.26 Å². The highest BCUT2D eigenvalue weighted by Gasteiger charge is 2.25. The van der Waals surface area contributed by atoms with Crippen molar-refractivity contribution in [2.75, 3.05) is 10.6 Å². The molecule has 2 atom stereocenters. The summed E-state index contributed by atoms with van der Waals surface area (Å²) in [4.78, 5) is 24.9. The molecule has 3 heterocycles. The van der Waals surface area contributed by atoms with Gasteiger partial charge in [0.15, 0.2) is 5.69 Å². The van der Waals surface area contributed by atoms with E-state index in [9.17, 15) is 4.79 Å². The maximum atomic E-state index is 11.9. The second-order valence-electron chi connectivity index (χ2n) is 7.11. The van der Waals surface area contributed by atoms with Crippen LogP contribution in [0.25, 0.3) is 5.69 Å². The van der Waals surface area contributed by atoms with E-state index in [0.29, 0.717) is 23.2 Å². The lowest BCUT2D eigenvalue weighted by molar-refractivity contribution is 0.719. The van der Waals surface area contributed by atoms with Gasteiger partial charge < -0.3 is 10.6 Å². The van der Waals surface area contributed by atoms with Crippen LogP contribution >= 0.6 is 0 Å². The molecule has 0 aromatic carbocycles. The quantitative estimate of drug-likeness (QED) is 0.693. The molecule has 3 aromatic heterocycles. The molecule has 4 rings (SSSR count). The first kappa shape index (κ1) is 18.6. The van der Waals surface area contributed by atoms with Gasteiger partial charge >= 0.3 is 0 Å². The van der Waals surface area contributed by atoms with Gasteiger partial charge in [0.2, 0.25) is 0 Å². The van der Waals surface area contributed by atoms with Crippen LogP contribution in [0.3, 0.4) is 0 Å². The van der Waals surface area contributed by atoms with Crippen LogP contribution < -0.4 is 16.2 Å². The molecule has 1 aliphatic carbocycles. The molecule has 0 saturated heterocycles. The zero-order valence-corrected chi connectivity index (χ0v) is 16.0. The largest absolute Gasteiger partial charge is 0.367 e. The first-order valence-corrected chi connectivity index (χ1v) is 9.53. The number of aromatic nitrogens is 4. The van der Waals surface area contributed by atoms with Crippen LogP contribution in [0.5, 0.6) is 0 Å². The van der Waals surface area contributed by atoms with E-state index in [1.54, 1.807) is 36.1 Å². The van der Waals surface area contributed by atoms with Crippen molar-refractivity contribution in [3.8, 4) is 11.8 Å². The molecule has 0 amide bonds. The average Bonchev–Trinajstić information content (AvgIpc) is 3.16. The number of nitrogens with zero attached hydrogens (tertiary/aromatic N) is 5. The normalized spacial score (nSPS) is 18.2. The van der Waals surface area contributed by atoms with Gasteiger partial charge in [-0.1, -0.05) is 6.07 Å². The Bertz CT molecular complexity index is 1100. The van der Waals surface area contributed by atoms with Crippen LogP contribution in [0.15, 0.2) is 53.7 Å². The Morgan fingerprint density at radius 2 is 1.86 bits per heavy atom. The molecule has 0 spiro atoms. The molecule has 1 aliphatic rings. The van der Waals surface area contributed by atoms with Crippen molar-refractivity contribution < 1.29 is 0 Å². The van der Waals surface area contributed by atoms with E-state index in [0.717, 1.165) is 30.8 Å². The zero-order chi connectivity index (χ0) is 20.2. The summed E-state index contributed by atoms with van der Waals surface area (Å²) in [6, 6.07) is 11.5. The van der Waals surface area contributed by atoms with E-state index >= 15 is 0 Å². The topological polar surface area (TPSA) is 109 Å². The van der Waals surface area contributed by atoms with E-state index in [4.69, 9.17) is 5.26 Å².